The summed E-state index contributed by atoms with van der Waals surface area (Å²) in [7, 11) is 1.64. The van der Waals surface area contributed by atoms with Gasteiger partial charge in [0, 0.05) is 36.5 Å². The number of benzene rings is 2. The summed E-state index contributed by atoms with van der Waals surface area (Å²) in [5, 5.41) is 14.1. The number of nitrogens with one attached hydrogen (secondary N) is 1. The van der Waals surface area contributed by atoms with Crippen molar-refractivity contribution >= 4 is 5.91 Å². The first-order chi connectivity index (χ1) is 15.9. The van der Waals surface area contributed by atoms with E-state index in [0.29, 0.717) is 16.7 Å². The summed E-state index contributed by atoms with van der Waals surface area (Å²) in [6, 6.07) is 16.8. The van der Waals surface area contributed by atoms with Gasteiger partial charge < -0.3 is 15.3 Å². The number of halogens is 2. The van der Waals surface area contributed by atoms with Crippen molar-refractivity contribution < 1.29 is 18.7 Å². The zero-order chi connectivity index (χ0) is 23.4. The number of amides is 1. The van der Waals surface area contributed by atoms with E-state index in [4.69, 9.17) is 0 Å². The lowest BCUT2D eigenvalue weighted by Gasteiger charge is -2.21. The maximum atomic E-state index is 13.8. The van der Waals surface area contributed by atoms with Crippen LogP contribution in [0.3, 0.4) is 0 Å². The molecular weight excluding hydrogens is 424 g/mol. The normalized spacial score (nSPS) is 18.8. The van der Waals surface area contributed by atoms with Crippen molar-refractivity contribution in [3.05, 3.63) is 101 Å². The van der Waals surface area contributed by atoms with Crippen molar-refractivity contribution in [2.45, 2.75) is 44.0 Å². The van der Waals surface area contributed by atoms with Gasteiger partial charge in [-0.3, -0.25) is 4.79 Å². The average Bonchev–Trinajstić information content (AvgIpc) is 3.29. The fourth-order valence-corrected chi connectivity index (χ4v) is 4.31. The largest absolute Gasteiger partial charge is 0.387 e. The van der Waals surface area contributed by atoms with E-state index >= 15 is 0 Å². The maximum Gasteiger partial charge on any atom is 0.253 e. The van der Waals surface area contributed by atoms with Gasteiger partial charge in [0.15, 0.2) is 0 Å². The maximum absolute atomic E-state index is 13.8. The molecule has 1 saturated heterocycles. The van der Waals surface area contributed by atoms with Crippen LogP contribution in [0, 0.1) is 11.8 Å². The zero-order valence-electron chi connectivity index (χ0n) is 18.4. The van der Waals surface area contributed by atoms with Crippen LogP contribution in [0.15, 0.2) is 66.9 Å². The molecule has 7 heteroatoms. The predicted molar refractivity (Wildman–Crippen MR) is 121 cm³/mol. The van der Waals surface area contributed by atoms with Gasteiger partial charge in [0.05, 0.1) is 12.6 Å². The van der Waals surface area contributed by atoms with E-state index in [1.165, 1.54) is 23.2 Å². The molecule has 2 aromatic carbocycles. The molecule has 1 aliphatic rings. The fraction of sp³-hybridized carbons (Fsp3) is 0.308. The topological polar surface area (TPSA) is 65.5 Å². The number of aliphatic hydroxyl groups is 1. The molecule has 1 fully saturated rings. The smallest absolute Gasteiger partial charge is 0.253 e. The molecule has 4 rings (SSSR count). The second-order valence-corrected chi connectivity index (χ2v) is 8.56. The van der Waals surface area contributed by atoms with Crippen LogP contribution < -0.4 is 5.32 Å². The van der Waals surface area contributed by atoms with Crippen molar-refractivity contribution in [3.63, 3.8) is 0 Å². The summed E-state index contributed by atoms with van der Waals surface area (Å²) in [5.41, 5.74) is 2.69. The van der Waals surface area contributed by atoms with Crippen LogP contribution in [0.1, 0.15) is 46.0 Å². The number of aliphatic hydroxyl groups excluding tert-OH is 1. The van der Waals surface area contributed by atoms with Crippen molar-refractivity contribution in [1.29, 1.82) is 0 Å². The Bertz CT molecular complexity index is 1090. The van der Waals surface area contributed by atoms with E-state index in [1.807, 2.05) is 12.1 Å². The lowest BCUT2D eigenvalue weighted by molar-refractivity contribution is 0.0783. The van der Waals surface area contributed by atoms with Gasteiger partial charge >= 0.3 is 0 Å². The standard InChI is InChI=1S/C26H27F2N3O2/c1-31(16-20-3-2-14-29-25(20)28)26(33)19-6-4-17(5-7-19)15-22-12-13-23(30-22)24(32)18-8-10-21(27)11-9-18/h2-11,14,22-24,30,32H,12-13,15-16H2,1H3/t22-,23+,24?/m0/s1. The number of carbonyl (C=O) groups excluding carboxylic acids is 1. The Morgan fingerprint density at radius 3 is 2.55 bits per heavy atom. The van der Waals surface area contributed by atoms with Crippen LogP contribution in [0.5, 0.6) is 0 Å². The second-order valence-electron chi connectivity index (χ2n) is 8.56. The van der Waals surface area contributed by atoms with E-state index in [-0.39, 0.29) is 30.4 Å². The van der Waals surface area contributed by atoms with Gasteiger partial charge in [-0.15, -0.1) is 0 Å². The van der Waals surface area contributed by atoms with E-state index in [9.17, 15) is 18.7 Å². The highest BCUT2D eigenvalue weighted by molar-refractivity contribution is 5.94. The number of nitrogens with zero attached hydrogens (tertiary/aromatic N) is 2. The quantitative estimate of drug-likeness (QED) is 0.533. The first-order valence-electron chi connectivity index (χ1n) is 11.0. The third-order valence-corrected chi connectivity index (χ3v) is 6.14. The summed E-state index contributed by atoms with van der Waals surface area (Å²) >= 11 is 0. The molecule has 172 valence electrons. The van der Waals surface area contributed by atoms with E-state index in [1.54, 1.807) is 43.4 Å². The average molecular weight is 452 g/mol. The third kappa shape index (κ3) is 5.61. The van der Waals surface area contributed by atoms with Crippen LogP contribution >= 0.6 is 0 Å². The molecule has 33 heavy (non-hydrogen) atoms. The number of rotatable bonds is 7. The molecule has 2 heterocycles. The molecule has 1 unspecified atom stereocenters. The van der Waals surface area contributed by atoms with Gasteiger partial charge in [0.2, 0.25) is 5.95 Å². The summed E-state index contributed by atoms with van der Waals surface area (Å²) < 4.78 is 26.9. The number of pyridine rings is 1. The minimum Gasteiger partial charge on any atom is -0.387 e. The Morgan fingerprint density at radius 1 is 1.12 bits per heavy atom. The van der Waals surface area contributed by atoms with E-state index < -0.39 is 12.1 Å². The predicted octanol–water partition coefficient (Wildman–Crippen LogP) is 4.03. The van der Waals surface area contributed by atoms with Crippen LogP contribution in [0.2, 0.25) is 0 Å². The molecule has 0 radical (unpaired) electrons. The van der Waals surface area contributed by atoms with Crippen LogP contribution in [0.4, 0.5) is 8.78 Å². The summed E-state index contributed by atoms with van der Waals surface area (Å²) in [6.07, 6.45) is 3.22. The summed E-state index contributed by atoms with van der Waals surface area (Å²) in [4.78, 5) is 17.8. The Kier molecular flexibility index (Phi) is 7.11. The highest BCUT2D eigenvalue weighted by Gasteiger charge is 2.30. The Labute approximate surface area is 192 Å². The van der Waals surface area contributed by atoms with Gasteiger partial charge in [0.1, 0.15) is 5.82 Å². The molecule has 1 aromatic heterocycles. The number of hydrogen-bond acceptors (Lipinski definition) is 4. The van der Waals surface area contributed by atoms with Gasteiger partial charge in [-0.2, -0.15) is 4.39 Å². The van der Waals surface area contributed by atoms with Crippen molar-refractivity contribution in [2.75, 3.05) is 7.05 Å². The van der Waals surface area contributed by atoms with Gasteiger partial charge in [0.25, 0.3) is 5.91 Å². The van der Waals surface area contributed by atoms with E-state index in [2.05, 4.69) is 10.3 Å². The van der Waals surface area contributed by atoms with Gasteiger partial charge in [-0.25, -0.2) is 9.37 Å². The number of hydrogen-bond donors (Lipinski definition) is 2. The van der Waals surface area contributed by atoms with Gasteiger partial charge in [-0.05, 0) is 60.7 Å². The lowest BCUT2D eigenvalue weighted by atomic mass is 10.0. The van der Waals surface area contributed by atoms with Crippen LogP contribution in [0.25, 0.3) is 0 Å². The molecule has 0 saturated carbocycles. The molecule has 1 amide bonds. The third-order valence-electron chi connectivity index (χ3n) is 6.14. The van der Waals surface area contributed by atoms with Crippen molar-refractivity contribution in [1.82, 2.24) is 15.2 Å². The number of aromatic nitrogens is 1. The molecular formula is C26H27F2N3O2. The summed E-state index contributed by atoms with van der Waals surface area (Å²) in [6.45, 7) is 0.143. The monoisotopic (exact) mass is 451 g/mol. The molecule has 0 spiro atoms. The molecule has 1 aliphatic heterocycles. The Hall–Kier alpha value is -3.16. The Morgan fingerprint density at radius 2 is 1.85 bits per heavy atom. The summed E-state index contributed by atoms with van der Waals surface area (Å²) in [5.74, 6) is -1.08. The van der Waals surface area contributed by atoms with Crippen molar-refractivity contribution in [3.8, 4) is 0 Å². The van der Waals surface area contributed by atoms with Crippen molar-refractivity contribution in [2.24, 2.45) is 0 Å². The van der Waals surface area contributed by atoms with Gasteiger partial charge in [-0.1, -0.05) is 30.3 Å². The van der Waals surface area contributed by atoms with Crippen LogP contribution in [-0.4, -0.2) is 40.0 Å². The first kappa shape index (κ1) is 23.0. The molecule has 3 atom stereocenters. The minimum atomic E-state index is -0.684. The highest BCUT2D eigenvalue weighted by atomic mass is 19.1. The molecule has 3 aromatic rings. The second kappa shape index (κ2) is 10.2. The first-order valence-corrected chi connectivity index (χ1v) is 11.0. The molecule has 2 N–H and O–H groups in total. The zero-order valence-corrected chi connectivity index (χ0v) is 18.4. The SMILES string of the molecule is CN(Cc1cccnc1F)C(=O)c1ccc(C[C@@H]2CC[C@H](C(O)c3ccc(F)cc3)N2)cc1. The molecule has 5 nitrogen and oxygen atoms in total. The highest BCUT2D eigenvalue weighted by Crippen LogP contribution is 2.27. The Balaban J connectivity index is 1.32. The fourth-order valence-electron chi connectivity index (χ4n) is 4.31. The molecule has 0 bridgehead atoms. The van der Waals surface area contributed by atoms with E-state index in [0.717, 1.165) is 24.8 Å². The lowest BCUT2D eigenvalue weighted by Crippen LogP contribution is -2.35. The van der Waals surface area contributed by atoms with Crippen LogP contribution in [-0.2, 0) is 13.0 Å². The molecule has 0 aliphatic carbocycles. The number of carbonyl (C=O) groups is 1. The minimum absolute atomic E-state index is 0.0807.